The van der Waals surface area contributed by atoms with Crippen molar-refractivity contribution < 1.29 is 49.1 Å². The van der Waals surface area contributed by atoms with Gasteiger partial charge in [-0.1, -0.05) is 12.0 Å². The molecule has 1 aliphatic heterocycles. The molecule has 18 heteroatoms. The fourth-order valence-corrected chi connectivity index (χ4v) is 6.96. The Morgan fingerprint density at radius 2 is 1.48 bits per heavy atom. The number of nitrogens with two attached hydrogens (primary N) is 1. The number of hydrogen-bond acceptors (Lipinski definition) is 6. The number of rotatable bonds is 8. The predicted molar refractivity (Wildman–Crippen MR) is 161 cm³/mol. The van der Waals surface area contributed by atoms with Gasteiger partial charge in [0.1, 0.15) is 0 Å². The highest BCUT2D eigenvalue weighted by Gasteiger charge is 2.44. The number of amides is 2. The highest BCUT2D eigenvalue weighted by molar-refractivity contribution is 5.97. The number of benzene rings is 2. The molecule has 2 aliphatic rings. The number of nitrogens with zero attached hydrogens (tertiary/aromatic N) is 6. The van der Waals surface area contributed by atoms with Crippen molar-refractivity contribution in [1.82, 2.24) is 20.2 Å². The van der Waals surface area contributed by atoms with Crippen LogP contribution < -0.4 is 15.5 Å². The molecule has 2 heterocycles. The van der Waals surface area contributed by atoms with E-state index in [1.54, 1.807) is 6.92 Å². The minimum absolute atomic E-state index is 0.00707. The van der Waals surface area contributed by atoms with E-state index in [1.807, 2.05) is 0 Å². The first-order valence-corrected chi connectivity index (χ1v) is 15.9. The van der Waals surface area contributed by atoms with Crippen LogP contribution in [0.15, 0.2) is 36.4 Å². The summed E-state index contributed by atoms with van der Waals surface area (Å²) in [6.07, 6.45) is -12.7. The number of halogens is 9. The van der Waals surface area contributed by atoms with E-state index in [0.717, 1.165) is 23.0 Å². The molecule has 5 rings (SSSR count). The van der Waals surface area contributed by atoms with Crippen LogP contribution in [0.1, 0.15) is 85.7 Å². The Morgan fingerprint density at radius 3 is 1.98 bits per heavy atom. The lowest BCUT2D eigenvalue weighted by molar-refractivity contribution is -0.143. The molecule has 50 heavy (non-hydrogen) atoms. The maximum absolute atomic E-state index is 14.1. The molecule has 1 saturated carbocycles. The molecule has 0 bridgehead atoms. The smallest absolute Gasteiger partial charge is 0.370 e. The van der Waals surface area contributed by atoms with E-state index < -0.39 is 71.2 Å². The summed E-state index contributed by atoms with van der Waals surface area (Å²) in [6.45, 7) is 1.08. The number of alkyl halides is 9. The van der Waals surface area contributed by atoms with Crippen LogP contribution in [0.3, 0.4) is 0 Å². The van der Waals surface area contributed by atoms with Crippen LogP contribution in [-0.2, 0) is 41.7 Å². The fourth-order valence-electron chi connectivity index (χ4n) is 6.96. The van der Waals surface area contributed by atoms with Crippen LogP contribution >= 0.6 is 0 Å². The second-order valence-electron chi connectivity index (χ2n) is 12.8. The molecule has 0 spiro atoms. The summed E-state index contributed by atoms with van der Waals surface area (Å²) in [6, 6.07) is 2.12. The summed E-state index contributed by atoms with van der Waals surface area (Å²) >= 11 is 0. The molecule has 272 valence electrons. The summed E-state index contributed by atoms with van der Waals surface area (Å²) in [7, 11) is 1.37. The Balaban J connectivity index is 1.61. The summed E-state index contributed by atoms with van der Waals surface area (Å²) in [4.78, 5) is 29.2. The van der Waals surface area contributed by atoms with Crippen molar-refractivity contribution >= 4 is 23.5 Å². The monoisotopic (exact) mass is 719 g/mol. The van der Waals surface area contributed by atoms with Crippen LogP contribution in [-0.4, -0.2) is 38.1 Å². The largest absolute Gasteiger partial charge is 0.416 e. The third-order valence-electron chi connectivity index (χ3n) is 9.36. The Bertz CT molecular complexity index is 1680. The highest BCUT2D eigenvalue weighted by atomic mass is 19.4. The van der Waals surface area contributed by atoms with Gasteiger partial charge in [-0.2, -0.15) is 44.3 Å². The second-order valence-corrected chi connectivity index (χ2v) is 12.8. The number of primary amides is 1. The van der Waals surface area contributed by atoms with Gasteiger partial charge in [-0.05, 0) is 97.2 Å². The lowest BCUT2D eigenvalue weighted by Crippen LogP contribution is -2.50. The van der Waals surface area contributed by atoms with Crippen molar-refractivity contribution in [3.63, 3.8) is 0 Å². The molecule has 1 fully saturated rings. The van der Waals surface area contributed by atoms with Gasteiger partial charge in [0.2, 0.25) is 11.8 Å². The number of hydrogen-bond donors (Lipinski definition) is 1. The van der Waals surface area contributed by atoms with Gasteiger partial charge in [-0.15, -0.1) is 5.10 Å². The van der Waals surface area contributed by atoms with Crippen LogP contribution in [0, 0.1) is 11.8 Å². The normalized spacial score (nSPS) is 21.5. The average Bonchev–Trinajstić information content (AvgIpc) is 3.46. The SMILES string of the molecule is CC[C@@H]1C[C@H](N(Cc2cc(C(F)(F)F)cc(C(F)(F)F)c2)c2nnn(C)n2)c2cc(C(F)(F)F)ccc2N1C(=O)[C@H]1CC[C@H](CC(N)=O)CC1. The predicted octanol–water partition coefficient (Wildman–Crippen LogP) is 7.21. The lowest BCUT2D eigenvalue weighted by Gasteiger charge is -2.46. The molecular formula is C32H34F9N7O2. The van der Waals surface area contributed by atoms with E-state index in [2.05, 4.69) is 15.4 Å². The standard InChI is InChI=1S/C32H34F9N7O2/c1-3-23-15-26(47(29-43-45-46(2)44-29)16-18-10-21(31(36,37)38)13-22(11-18)32(39,40)41)24-14-20(30(33,34)35)8-9-25(24)48(23)28(50)19-6-4-17(5-7-19)12-27(42)49/h8-11,13-14,17,19,23,26H,3-7,12,15-16H2,1-2H3,(H2,42,49)/t17-,19-,23-,26+/m1/s1. The molecule has 3 aromatic rings. The first kappa shape index (κ1) is 36.9. The van der Waals surface area contributed by atoms with Crippen molar-refractivity contribution in [3.05, 3.63) is 64.2 Å². The number of aryl methyl sites for hydroxylation is 1. The maximum atomic E-state index is 14.1. The summed E-state index contributed by atoms with van der Waals surface area (Å²) in [5, 5.41) is 11.8. The summed E-state index contributed by atoms with van der Waals surface area (Å²) in [5.74, 6) is -1.53. The van der Waals surface area contributed by atoms with E-state index >= 15 is 0 Å². The van der Waals surface area contributed by atoms with Gasteiger partial charge in [0.15, 0.2) is 0 Å². The molecule has 1 aromatic heterocycles. The molecule has 1 aliphatic carbocycles. The Hall–Kier alpha value is -4.38. The molecule has 9 nitrogen and oxygen atoms in total. The molecule has 2 N–H and O–H groups in total. The van der Waals surface area contributed by atoms with Crippen molar-refractivity contribution in [3.8, 4) is 0 Å². The second kappa shape index (κ2) is 13.7. The van der Waals surface area contributed by atoms with Crippen LogP contribution in [0.4, 0.5) is 51.1 Å². The minimum atomic E-state index is -5.14. The van der Waals surface area contributed by atoms with Crippen LogP contribution in [0.2, 0.25) is 0 Å². The third-order valence-corrected chi connectivity index (χ3v) is 9.36. The van der Waals surface area contributed by atoms with Crippen LogP contribution in [0.25, 0.3) is 0 Å². The molecule has 0 unspecified atom stereocenters. The molecule has 0 radical (unpaired) electrons. The van der Waals surface area contributed by atoms with Gasteiger partial charge in [-0.3, -0.25) is 9.59 Å². The molecule has 2 amide bonds. The number of aromatic nitrogens is 4. The molecular weight excluding hydrogens is 685 g/mol. The number of tetrazole rings is 1. The van der Waals surface area contributed by atoms with E-state index in [0.29, 0.717) is 44.2 Å². The average molecular weight is 720 g/mol. The Labute approximate surface area is 280 Å². The van der Waals surface area contributed by atoms with E-state index in [9.17, 15) is 49.1 Å². The molecule has 0 saturated heterocycles. The first-order chi connectivity index (χ1) is 23.3. The number of anilines is 2. The number of carbonyl (C=O) groups is 2. The van der Waals surface area contributed by atoms with Gasteiger partial charge in [0.05, 0.1) is 29.8 Å². The van der Waals surface area contributed by atoms with Crippen molar-refractivity contribution in [2.45, 2.75) is 89.0 Å². The van der Waals surface area contributed by atoms with Crippen molar-refractivity contribution in [1.29, 1.82) is 0 Å². The quantitative estimate of drug-likeness (QED) is 0.247. The maximum Gasteiger partial charge on any atom is 0.416 e. The third kappa shape index (κ3) is 7.98. The van der Waals surface area contributed by atoms with E-state index in [1.165, 1.54) is 16.8 Å². The Kier molecular flexibility index (Phi) is 10.1. The van der Waals surface area contributed by atoms with E-state index in [-0.39, 0.29) is 47.9 Å². The van der Waals surface area contributed by atoms with Gasteiger partial charge < -0.3 is 15.5 Å². The number of carbonyl (C=O) groups excluding carboxylic acids is 2. The minimum Gasteiger partial charge on any atom is -0.370 e. The first-order valence-electron chi connectivity index (χ1n) is 15.9. The van der Waals surface area contributed by atoms with Gasteiger partial charge in [0, 0.05) is 30.6 Å². The summed E-state index contributed by atoms with van der Waals surface area (Å²) < 4.78 is 125. The fraction of sp³-hybridized carbons (Fsp3) is 0.531. The topological polar surface area (TPSA) is 110 Å². The zero-order valence-electron chi connectivity index (χ0n) is 26.9. The van der Waals surface area contributed by atoms with Crippen LogP contribution in [0.5, 0.6) is 0 Å². The van der Waals surface area contributed by atoms with Crippen molar-refractivity contribution in [2.75, 3.05) is 9.80 Å². The molecule has 2 atom stereocenters. The zero-order chi connectivity index (χ0) is 36.8. The highest BCUT2D eigenvalue weighted by Crippen LogP contribution is 2.47. The number of fused-ring (bicyclic) bond motifs is 1. The van der Waals surface area contributed by atoms with E-state index in [4.69, 9.17) is 5.73 Å². The summed E-state index contributed by atoms with van der Waals surface area (Å²) in [5.41, 5.74) is 0.782. The van der Waals surface area contributed by atoms with Gasteiger partial charge in [0.25, 0.3) is 5.95 Å². The Morgan fingerprint density at radius 1 is 0.880 bits per heavy atom. The van der Waals surface area contributed by atoms with Gasteiger partial charge >= 0.3 is 18.5 Å². The lowest BCUT2D eigenvalue weighted by atomic mass is 9.78. The molecule has 2 aromatic carbocycles. The zero-order valence-corrected chi connectivity index (χ0v) is 26.9. The van der Waals surface area contributed by atoms with Crippen molar-refractivity contribution in [2.24, 2.45) is 24.6 Å². The van der Waals surface area contributed by atoms with Gasteiger partial charge in [-0.25, -0.2) is 0 Å².